The summed E-state index contributed by atoms with van der Waals surface area (Å²) in [4.78, 5) is 18.2. The SMILES string of the molecule is C[C@@H](c1ccc(-n2cncn2)cc1)N(C)C(=O)CCc1ccsc1. The summed E-state index contributed by atoms with van der Waals surface area (Å²) in [7, 11) is 1.87. The Bertz CT molecular complexity index is 766. The summed E-state index contributed by atoms with van der Waals surface area (Å²) in [6.45, 7) is 2.05. The first-order valence-electron chi connectivity index (χ1n) is 7.87. The number of aryl methyl sites for hydroxylation is 1. The lowest BCUT2D eigenvalue weighted by atomic mass is 10.1. The van der Waals surface area contributed by atoms with E-state index in [-0.39, 0.29) is 11.9 Å². The number of carbonyl (C=O) groups is 1. The molecule has 5 nitrogen and oxygen atoms in total. The van der Waals surface area contributed by atoms with E-state index in [0.717, 1.165) is 17.7 Å². The van der Waals surface area contributed by atoms with Gasteiger partial charge in [-0.3, -0.25) is 4.79 Å². The highest BCUT2D eigenvalue weighted by atomic mass is 32.1. The number of carbonyl (C=O) groups excluding carboxylic acids is 1. The minimum Gasteiger partial charge on any atom is -0.339 e. The molecule has 3 rings (SSSR count). The van der Waals surface area contributed by atoms with E-state index < -0.39 is 0 Å². The molecule has 124 valence electrons. The molecule has 0 unspecified atom stereocenters. The topological polar surface area (TPSA) is 51.0 Å². The Morgan fingerprint density at radius 1 is 1.29 bits per heavy atom. The monoisotopic (exact) mass is 340 g/mol. The van der Waals surface area contributed by atoms with Crippen molar-refractivity contribution >= 4 is 17.2 Å². The van der Waals surface area contributed by atoms with Gasteiger partial charge in [0.15, 0.2) is 0 Å². The number of aromatic nitrogens is 3. The number of hydrogen-bond donors (Lipinski definition) is 0. The summed E-state index contributed by atoms with van der Waals surface area (Å²) in [6, 6.07) is 10.2. The van der Waals surface area contributed by atoms with Gasteiger partial charge >= 0.3 is 0 Å². The number of benzene rings is 1. The third kappa shape index (κ3) is 3.71. The molecule has 0 aliphatic heterocycles. The predicted octanol–water partition coefficient (Wildman–Crippen LogP) is 3.48. The molecule has 0 bridgehead atoms. The minimum absolute atomic E-state index is 0.0322. The van der Waals surface area contributed by atoms with Crippen LogP contribution in [0.25, 0.3) is 5.69 Å². The molecule has 1 amide bonds. The van der Waals surface area contributed by atoms with Crippen LogP contribution in [0.3, 0.4) is 0 Å². The van der Waals surface area contributed by atoms with Crippen molar-refractivity contribution in [2.45, 2.75) is 25.8 Å². The number of nitrogens with zero attached hydrogens (tertiary/aromatic N) is 4. The molecule has 0 fully saturated rings. The molecule has 0 saturated heterocycles. The number of thiophene rings is 1. The Labute approximate surface area is 145 Å². The highest BCUT2D eigenvalue weighted by Crippen LogP contribution is 2.21. The molecular weight excluding hydrogens is 320 g/mol. The fourth-order valence-electron chi connectivity index (χ4n) is 2.55. The van der Waals surface area contributed by atoms with Crippen LogP contribution in [0.15, 0.2) is 53.7 Å². The first-order valence-corrected chi connectivity index (χ1v) is 8.81. The van der Waals surface area contributed by atoms with Crippen molar-refractivity contribution in [2.24, 2.45) is 0 Å². The zero-order valence-electron chi connectivity index (χ0n) is 13.8. The van der Waals surface area contributed by atoms with Gasteiger partial charge in [0.05, 0.1) is 11.7 Å². The fourth-order valence-corrected chi connectivity index (χ4v) is 3.25. The average Bonchev–Trinajstić information content (AvgIpc) is 3.32. The van der Waals surface area contributed by atoms with Crippen molar-refractivity contribution in [3.05, 3.63) is 64.9 Å². The lowest BCUT2D eigenvalue weighted by molar-refractivity contribution is -0.131. The highest BCUT2D eigenvalue weighted by molar-refractivity contribution is 7.07. The Morgan fingerprint density at radius 3 is 2.71 bits per heavy atom. The van der Waals surface area contributed by atoms with Crippen LogP contribution in [0.1, 0.15) is 30.5 Å². The normalized spacial score (nSPS) is 12.1. The molecule has 2 heterocycles. The smallest absolute Gasteiger partial charge is 0.223 e. The quantitative estimate of drug-likeness (QED) is 0.690. The molecule has 1 atom stereocenters. The molecule has 0 N–H and O–H groups in total. The predicted molar refractivity (Wildman–Crippen MR) is 95.2 cm³/mol. The van der Waals surface area contributed by atoms with Gasteiger partial charge < -0.3 is 4.90 Å². The second-order valence-corrected chi connectivity index (χ2v) is 6.52. The van der Waals surface area contributed by atoms with Crippen molar-refractivity contribution < 1.29 is 4.79 Å². The van der Waals surface area contributed by atoms with Crippen LogP contribution in [-0.2, 0) is 11.2 Å². The lowest BCUT2D eigenvalue weighted by Crippen LogP contribution is -2.29. The van der Waals surface area contributed by atoms with Gasteiger partial charge in [0.1, 0.15) is 12.7 Å². The second kappa shape index (κ2) is 7.40. The van der Waals surface area contributed by atoms with E-state index in [1.54, 1.807) is 22.3 Å². The third-order valence-corrected chi connectivity index (χ3v) is 4.97. The number of amides is 1. The molecule has 0 aliphatic rings. The first-order chi connectivity index (χ1) is 11.6. The zero-order chi connectivity index (χ0) is 16.9. The van der Waals surface area contributed by atoms with E-state index in [0.29, 0.717) is 6.42 Å². The summed E-state index contributed by atoms with van der Waals surface area (Å²) >= 11 is 1.67. The first kappa shape index (κ1) is 16.4. The van der Waals surface area contributed by atoms with Crippen LogP contribution in [0, 0.1) is 0 Å². The zero-order valence-corrected chi connectivity index (χ0v) is 14.6. The molecule has 2 aromatic heterocycles. The Balaban J connectivity index is 1.62. The van der Waals surface area contributed by atoms with E-state index in [4.69, 9.17) is 0 Å². The van der Waals surface area contributed by atoms with Gasteiger partial charge in [0.2, 0.25) is 5.91 Å². The van der Waals surface area contributed by atoms with E-state index in [9.17, 15) is 4.79 Å². The molecule has 0 aliphatic carbocycles. The van der Waals surface area contributed by atoms with Gasteiger partial charge in [-0.1, -0.05) is 12.1 Å². The van der Waals surface area contributed by atoms with E-state index in [1.807, 2.05) is 48.5 Å². The van der Waals surface area contributed by atoms with Crippen LogP contribution in [0.2, 0.25) is 0 Å². The molecule has 0 spiro atoms. The maximum absolute atomic E-state index is 12.4. The summed E-state index contributed by atoms with van der Waals surface area (Å²) < 4.78 is 1.71. The van der Waals surface area contributed by atoms with E-state index in [1.165, 1.54) is 11.9 Å². The fraction of sp³-hybridized carbons (Fsp3) is 0.278. The Morgan fingerprint density at radius 2 is 2.08 bits per heavy atom. The van der Waals surface area contributed by atoms with Crippen molar-refractivity contribution in [1.29, 1.82) is 0 Å². The summed E-state index contributed by atoms with van der Waals surface area (Å²) in [5, 5.41) is 8.26. The molecule has 0 saturated carbocycles. The van der Waals surface area contributed by atoms with Gasteiger partial charge in [-0.2, -0.15) is 16.4 Å². The third-order valence-electron chi connectivity index (χ3n) is 4.24. The van der Waals surface area contributed by atoms with Crippen molar-refractivity contribution in [2.75, 3.05) is 7.05 Å². The van der Waals surface area contributed by atoms with Crippen LogP contribution in [0.5, 0.6) is 0 Å². The highest BCUT2D eigenvalue weighted by Gasteiger charge is 2.17. The van der Waals surface area contributed by atoms with Gasteiger partial charge in [0.25, 0.3) is 0 Å². The van der Waals surface area contributed by atoms with Crippen LogP contribution < -0.4 is 0 Å². The van der Waals surface area contributed by atoms with Crippen molar-refractivity contribution in [3.8, 4) is 5.69 Å². The van der Waals surface area contributed by atoms with Crippen LogP contribution in [-0.4, -0.2) is 32.6 Å². The van der Waals surface area contributed by atoms with Gasteiger partial charge in [0, 0.05) is 13.5 Å². The van der Waals surface area contributed by atoms with E-state index in [2.05, 4.69) is 21.5 Å². The van der Waals surface area contributed by atoms with E-state index >= 15 is 0 Å². The lowest BCUT2D eigenvalue weighted by Gasteiger charge is -2.25. The second-order valence-electron chi connectivity index (χ2n) is 5.74. The van der Waals surface area contributed by atoms with Crippen LogP contribution in [0.4, 0.5) is 0 Å². The van der Waals surface area contributed by atoms with Crippen molar-refractivity contribution in [3.63, 3.8) is 0 Å². The standard InChI is InChI=1S/C18H20N4OS/c1-14(21(2)18(23)8-3-15-9-10-24-11-15)16-4-6-17(7-5-16)22-13-19-12-20-22/h4-7,9-14H,3,8H2,1-2H3/t14-/m0/s1. The average molecular weight is 340 g/mol. The maximum atomic E-state index is 12.4. The largest absolute Gasteiger partial charge is 0.339 e. The Hall–Kier alpha value is -2.47. The summed E-state index contributed by atoms with van der Waals surface area (Å²) in [5.41, 5.74) is 3.28. The number of hydrogen-bond acceptors (Lipinski definition) is 4. The molecule has 6 heteroatoms. The summed E-state index contributed by atoms with van der Waals surface area (Å²) in [5.74, 6) is 0.161. The van der Waals surface area contributed by atoms with Gasteiger partial charge in [-0.05, 0) is 53.4 Å². The number of rotatable bonds is 6. The maximum Gasteiger partial charge on any atom is 0.223 e. The van der Waals surface area contributed by atoms with Crippen molar-refractivity contribution in [1.82, 2.24) is 19.7 Å². The summed E-state index contributed by atoms with van der Waals surface area (Å²) in [6.07, 6.45) is 4.51. The molecular formula is C18H20N4OS. The molecule has 3 aromatic rings. The molecule has 1 aromatic carbocycles. The molecule has 0 radical (unpaired) electrons. The van der Waals surface area contributed by atoms with Gasteiger partial charge in [-0.15, -0.1) is 0 Å². The Kier molecular flexibility index (Phi) is 5.05. The molecule has 24 heavy (non-hydrogen) atoms. The van der Waals surface area contributed by atoms with Crippen LogP contribution >= 0.6 is 11.3 Å². The minimum atomic E-state index is 0.0322. The van der Waals surface area contributed by atoms with Gasteiger partial charge in [-0.25, -0.2) is 9.67 Å².